The number of halogens is 3. The lowest BCUT2D eigenvalue weighted by Gasteiger charge is -2.01. The van der Waals surface area contributed by atoms with Gasteiger partial charge in [-0.3, -0.25) is 4.79 Å². The van der Waals surface area contributed by atoms with E-state index in [0.717, 1.165) is 13.8 Å². The number of ketones is 1. The van der Waals surface area contributed by atoms with Gasteiger partial charge in [-0.15, -0.1) is 11.3 Å². The molecule has 0 saturated heterocycles. The largest absolute Gasteiger partial charge is 0.288 e. The summed E-state index contributed by atoms with van der Waals surface area (Å²) < 4.78 is 1.72. The highest BCUT2D eigenvalue weighted by Crippen LogP contribution is 2.33. The lowest BCUT2D eigenvalue weighted by atomic mass is 10.1. The fraction of sp³-hybridized carbons (Fsp3) is 0.0833. The highest BCUT2D eigenvalue weighted by molar-refractivity contribution is 9.11. The molecule has 0 aliphatic carbocycles. The van der Waals surface area contributed by atoms with Crippen molar-refractivity contribution in [3.63, 3.8) is 0 Å². The topological polar surface area (TPSA) is 17.1 Å². The summed E-state index contributed by atoms with van der Waals surface area (Å²) in [5, 5.41) is 0.574. The number of carbonyl (C=O) groups excluding carboxylic acids is 1. The Morgan fingerprint density at radius 3 is 2.53 bits per heavy atom. The third-order valence-corrected chi connectivity index (χ3v) is 5.63. The van der Waals surface area contributed by atoms with Crippen LogP contribution in [0.2, 0.25) is 5.02 Å². The summed E-state index contributed by atoms with van der Waals surface area (Å²) in [6.07, 6.45) is 0. The molecule has 0 saturated carbocycles. The Bertz CT molecular complexity index is 573. The SMILES string of the molecule is Cc1ccc(C(=O)c2cc(Cl)c(Br)s2)cc1Br. The second-order valence-electron chi connectivity index (χ2n) is 3.53. The van der Waals surface area contributed by atoms with Gasteiger partial charge in [0.1, 0.15) is 0 Å². The van der Waals surface area contributed by atoms with Crippen molar-refractivity contribution in [3.05, 3.63) is 53.6 Å². The van der Waals surface area contributed by atoms with Crippen LogP contribution in [0.3, 0.4) is 0 Å². The smallest absolute Gasteiger partial charge is 0.203 e. The molecule has 0 aliphatic rings. The molecule has 0 atom stereocenters. The van der Waals surface area contributed by atoms with E-state index in [4.69, 9.17) is 11.6 Å². The predicted octanol–water partition coefficient (Wildman–Crippen LogP) is 5.47. The molecule has 1 nitrogen and oxygen atoms in total. The Morgan fingerprint density at radius 2 is 2.00 bits per heavy atom. The van der Waals surface area contributed by atoms with E-state index in [2.05, 4.69) is 31.9 Å². The van der Waals surface area contributed by atoms with E-state index in [9.17, 15) is 4.79 Å². The number of carbonyl (C=O) groups is 1. The molecular formula is C12H7Br2ClOS. The molecule has 0 N–H and O–H groups in total. The molecule has 1 aromatic carbocycles. The van der Waals surface area contributed by atoms with Crippen molar-refractivity contribution >= 4 is 60.6 Å². The standard InChI is InChI=1S/C12H7Br2ClOS/c1-6-2-3-7(4-8(6)13)11(16)10-5-9(15)12(14)17-10/h2-5H,1H3. The zero-order valence-corrected chi connectivity index (χ0v) is 13.5. The second-order valence-corrected chi connectivity index (χ2v) is 7.16. The number of hydrogen-bond acceptors (Lipinski definition) is 2. The maximum Gasteiger partial charge on any atom is 0.203 e. The molecule has 1 aromatic heterocycles. The summed E-state index contributed by atoms with van der Waals surface area (Å²) in [6.45, 7) is 1.98. The van der Waals surface area contributed by atoms with Crippen LogP contribution in [-0.2, 0) is 0 Å². The first-order valence-electron chi connectivity index (χ1n) is 4.74. The molecule has 2 aromatic rings. The monoisotopic (exact) mass is 392 g/mol. The molecule has 5 heteroatoms. The van der Waals surface area contributed by atoms with E-state index in [1.807, 2.05) is 25.1 Å². The van der Waals surface area contributed by atoms with Gasteiger partial charge in [0.25, 0.3) is 0 Å². The van der Waals surface area contributed by atoms with Crippen molar-refractivity contribution in [2.75, 3.05) is 0 Å². The van der Waals surface area contributed by atoms with E-state index in [0.29, 0.717) is 15.5 Å². The predicted molar refractivity (Wildman–Crippen MR) is 79.3 cm³/mol. The highest BCUT2D eigenvalue weighted by atomic mass is 79.9. The van der Waals surface area contributed by atoms with Crippen LogP contribution in [0.1, 0.15) is 20.8 Å². The van der Waals surface area contributed by atoms with Crippen molar-refractivity contribution in [2.45, 2.75) is 6.92 Å². The fourth-order valence-electron chi connectivity index (χ4n) is 1.33. The maximum atomic E-state index is 12.2. The molecule has 0 aliphatic heterocycles. The summed E-state index contributed by atoms with van der Waals surface area (Å²) in [5.74, 6) is -0.0108. The van der Waals surface area contributed by atoms with Crippen molar-refractivity contribution in [3.8, 4) is 0 Å². The molecule has 0 amide bonds. The third-order valence-electron chi connectivity index (χ3n) is 2.30. The van der Waals surface area contributed by atoms with Crippen molar-refractivity contribution in [1.82, 2.24) is 0 Å². The van der Waals surface area contributed by atoms with Gasteiger partial charge in [0.05, 0.1) is 13.7 Å². The van der Waals surface area contributed by atoms with Crippen molar-refractivity contribution in [1.29, 1.82) is 0 Å². The quantitative estimate of drug-likeness (QED) is 0.618. The van der Waals surface area contributed by atoms with Gasteiger partial charge in [0.15, 0.2) is 0 Å². The van der Waals surface area contributed by atoms with Crippen molar-refractivity contribution < 1.29 is 4.79 Å². The minimum Gasteiger partial charge on any atom is -0.288 e. The number of aryl methyl sites for hydroxylation is 1. The summed E-state index contributed by atoms with van der Waals surface area (Å²) >= 11 is 14.0. The van der Waals surface area contributed by atoms with Gasteiger partial charge < -0.3 is 0 Å². The van der Waals surface area contributed by atoms with E-state index in [1.54, 1.807) is 6.07 Å². The number of rotatable bonds is 2. The summed E-state index contributed by atoms with van der Waals surface area (Å²) in [6, 6.07) is 7.26. The first kappa shape index (κ1) is 13.3. The normalized spacial score (nSPS) is 10.6. The van der Waals surface area contributed by atoms with E-state index in [-0.39, 0.29) is 5.78 Å². The van der Waals surface area contributed by atoms with Gasteiger partial charge in [0, 0.05) is 10.0 Å². The summed E-state index contributed by atoms with van der Waals surface area (Å²) in [7, 11) is 0. The third kappa shape index (κ3) is 2.81. The minimum atomic E-state index is -0.0108. The summed E-state index contributed by atoms with van der Waals surface area (Å²) in [5.41, 5.74) is 1.76. The minimum absolute atomic E-state index is 0.0108. The number of benzene rings is 1. The lowest BCUT2D eigenvalue weighted by Crippen LogP contribution is -1.98. The average Bonchev–Trinajstić information content (AvgIpc) is 2.62. The van der Waals surface area contributed by atoms with Gasteiger partial charge in [-0.1, -0.05) is 39.7 Å². The van der Waals surface area contributed by atoms with Crippen LogP contribution >= 0.6 is 54.8 Å². The lowest BCUT2D eigenvalue weighted by molar-refractivity contribution is 0.104. The van der Waals surface area contributed by atoms with Gasteiger partial charge in [0.2, 0.25) is 5.78 Å². The zero-order chi connectivity index (χ0) is 12.6. The maximum absolute atomic E-state index is 12.2. The van der Waals surface area contributed by atoms with Crippen LogP contribution in [0, 0.1) is 6.92 Å². The van der Waals surface area contributed by atoms with Crippen LogP contribution in [0.25, 0.3) is 0 Å². The Morgan fingerprint density at radius 1 is 1.29 bits per heavy atom. The molecule has 17 heavy (non-hydrogen) atoms. The van der Waals surface area contributed by atoms with E-state index >= 15 is 0 Å². The first-order valence-corrected chi connectivity index (χ1v) is 7.53. The van der Waals surface area contributed by atoms with Gasteiger partial charge >= 0.3 is 0 Å². The molecule has 0 radical (unpaired) electrons. The van der Waals surface area contributed by atoms with Crippen LogP contribution in [0.4, 0.5) is 0 Å². The molecule has 2 rings (SSSR count). The zero-order valence-electron chi connectivity index (χ0n) is 8.76. The second kappa shape index (κ2) is 5.22. The number of hydrogen-bond donors (Lipinski definition) is 0. The van der Waals surface area contributed by atoms with Crippen molar-refractivity contribution in [2.24, 2.45) is 0 Å². The van der Waals surface area contributed by atoms with Gasteiger partial charge in [-0.05, 0) is 40.5 Å². The molecule has 0 bridgehead atoms. The molecule has 0 spiro atoms. The fourth-order valence-corrected chi connectivity index (χ4v) is 3.38. The summed E-state index contributed by atoms with van der Waals surface area (Å²) in [4.78, 5) is 12.8. The van der Waals surface area contributed by atoms with Crippen LogP contribution in [0.15, 0.2) is 32.5 Å². The van der Waals surface area contributed by atoms with E-state index in [1.165, 1.54) is 11.3 Å². The molecule has 1 heterocycles. The first-order chi connectivity index (χ1) is 7.99. The molecule has 0 fully saturated rings. The molecule has 88 valence electrons. The van der Waals surface area contributed by atoms with Gasteiger partial charge in [-0.2, -0.15) is 0 Å². The Hall–Kier alpha value is -0.160. The Labute approximate surface area is 125 Å². The average molecular weight is 395 g/mol. The number of thiophene rings is 1. The van der Waals surface area contributed by atoms with Crippen LogP contribution in [-0.4, -0.2) is 5.78 Å². The van der Waals surface area contributed by atoms with Crippen LogP contribution in [0.5, 0.6) is 0 Å². The highest BCUT2D eigenvalue weighted by Gasteiger charge is 2.14. The Balaban J connectivity index is 2.40. The molecular weight excluding hydrogens is 387 g/mol. The molecule has 0 unspecified atom stereocenters. The van der Waals surface area contributed by atoms with E-state index < -0.39 is 0 Å². The Kier molecular flexibility index (Phi) is 4.08. The van der Waals surface area contributed by atoms with Crippen LogP contribution < -0.4 is 0 Å². The van der Waals surface area contributed by atoms with Gasteiger partial charge in [-0.25, -0.2) is 0 Å².